The molecule has 2 fully saturated rings. The molecule has 0 amide bonds. The van der Waals surface area contributed by atoms with Gasteiger partial charge in [-0.05, 0) is 6.92 Å². The molecule has 2 aliphatic rings. The van der Waals surface area contributed by atoms with Crippen LogP contribution in [0.4, 0.5) is 0 Å². The van der Waals surface area contributed by atoms with Gasteiger partial charge in [-0.1, -0.05) is 0 Å². The molecule has 2 rings (SSSR count). The zero-order valence-electron chi connectivity index (χ0n) is 11.7. The SMILES string of the molecule is C[C@@H]1O[C@](CCl)(O[C@@H]2OC(CO)[C@H](Cl)[C@H](O)C2O)C(O)[C@@H]1O. The Hall–Kier alpha value is 0.260. The summed E-state index contributed by atoms with van der Waals surface area (Å²) in [6.45, 7) is 1.01. The Balaban J connectivity index is 2.17. The van der Waals surface area contributed by atoms with Crippen molar-refractivity contribution in [3.05, 3.63) is 0 Å². The van der Waals surface area contributed by atoms with Gasteiger partial charge in [0.2, 0.25) is 5.79 Å². The second kappa shape index (κ2) is 7.02. The van der Waals surface area contributed by atoms with Crippen LogP contribution in [0.15, 0.2) is 0 Å². The molecule has 0 bridgehead atoms. The molecule has 0 radical (unpaired) electrons. The number of hydrogen-bond acceptors (Lipinski definition) is 8. The lowest BCUT2D eigenvalue weighted by Gasteiger charge is -2.43. The summed E-state index contributed by atoms with van der Waals surface area (Å²) in [7, 11) is 0. The van der Waals surface area contributed by atoms with Crippen LogP contribution in [-0.4, -0.2) is 92.1 Å². The Labute approximate surface area is 137 Å². The van der Waals surface area contributed by atoms with E-state index in [1.807, 2.05) is 0 Å². The van der Waals surface area contributed by atoms with Crippen LogP contribution in [-0.2, 0) is 14.2 Å². The Kier molecular flexibility index (Phi) is 5.93. The van der Waals surface area contributed by atoms with Gasteiger partial charge in [0.1, 0.15) is 30.5 Å². The Morgan fingerprint density at radius 2 is 1.77 bits per heavy atom. The molecule has 0 spiro atoms. The van der Waals surface area contributed by atoms with E-state index in [9.17, 15) is 25.5 Å². The minimum atomic E-state index is -1.81. The van der Waals surface area contributed by atoms with Crippen LogP contribution in [0.25, 0.3) is 0 Å². The first-order valence-electron chi connectivity index (χ1n) is 6.81. The summed E-state index contributed by atoms with van der Waals surface area (Å²) < 4.78 is 16.1. The highest BCUT2D eigenvalue weighted by Crippen LogP contribution is 2.37. The van der Waals surface area contributed by atoms with Gasteiger partial charge in [0.05, 0.1) is 24.0 Å². The zero-order valence-corrected chi connectivity index (χ0v) is 13.3. The van der Waals surface area contributed by atoms with Crippen molar-refractivity contribution in [2.24, 2.45) is 0 Å². The Bertz CT molecular complexity index is 386. The van der Waals surface area contributed by atoms with Gasteiger partial charge < -0.3 is 39.7 Å². The van der Waals surface area contributed by atoms with Gasteiger partial charge in [0, 0.05) is 0 Å². The highest BCUT2D eigenvalue weighted by Gasteiger charge is 2.57. The summed E-state index contributed by atoms with van der Waals surface area (Å²) in [5, 5.41) is 47.9. The first kappa shape index (κ1) is 18.6. The van der Waals surface area contributed by atoms with Crippen molar-refractivity contribution in [1.82, 2.24) is 0 Å². The largest absolute Gasteiger partial charge is 0.394 e. The third kappa shape index (κ3) is 3.10. The van der Waals surface area contributed by atoms with Crippen LogP contribution >= 0.6 is 23.2 Å². The second-order valence-corrected chi connectivity index (χ2v) is 6.24. The van der Waals surface area contributed by atoms with Gasteiger partial charge in [-0.25, -0.2) is 0 Å². The van der Waals surface area contributed by atoms with E-state index in [2.05, 4.69) is 0 Å². The van der Waals surface area contributed by atoms with Crippen LogP contribution in [0.1, 0.15) is 6.92 Å². The number of aliphatic hydroxyl groups is 5. The van der Waals surface area contributed by atoms with E-state index >= 15 is 0 Å². The highest BCUT2D eigenvalue weighted by molar-refractivity contribution is 6.21. The summed E-state index contributed by atoms with van der Waals surface area (Å²) in [6.07, 6.45) is -8.88. The van der Waals surface area contributed by atoms with Crippen molar-refractivity contribution in [1.29, 1.82) is 0 Å². The molecule has 2 heterocycles. The van der Waals surface area contributed by atoms with Crippen molar-refractivity contribution >= 4 is 23.2 Å². The Morgan fingerprint density at radius 3 is 2.23 bits per heavy atom. The topological polar surface area (TPSA) is 129 Å². The third-order valence-electron chi connectivity index (χ3n) is 3.94. The van der Waals surface area contributed by atoms with Crippen LogP contribution in [0.3, 0.4) is 0 Å². The molecule has 2 aliphatic heterocycles. The number of aliphatic hydroxyl groups excluding tert-OH is 5. The first-order chi connectivity index (χ1) is 10.3. The fourth-order valence-electron chi connectivity index (χ4n) is 2.55. The number of rotatable bonds is 4. The van der Waals surface area contributed by atoms with Gasteiger partial charge in [-0.3, -0.25) is 0 Å². The summed E-state index contributed by atoms with van der Waals surface area (Å²) in [5.74, 6) is -2.17. The lowest BCUT2D eigenvalue weighted by atomic mass is 10.0. The van der Waals surface area contributed by atoms with Gasteiger partial charge >= 0.3 is 0 Å². The van der Waals surface area contributed by atoms with Crippen LogP contribution in [0.2, 0.25) is 0 Å². The quantitative estimate of drug-likeness (QED) is 0.368. The van der Waals surface area contributed by atoms with Crippen molar-refractivity contribution in [3.63, 3.8) is 0 Å². The number of ether oxygens (including phenoxy) is 3. The van der Waals surface area contributed by atoms with Crippen LogP contribution < -0.4 is 0 Å². The van der Waals surface area contributed by atoms with Crippen molar-refractivity contribution in [2.75, 3.05) is 12.5 Å². The van der Waals surface area contributed by atoms with E-state index in [0.717, 1.165) is 0 Å². The maximum atomic E-state index is 10.1. The number of hydrogen-bond donors (Lipinski definition) is 5. The van der Waals surface area contributed by atoms with Crippen molar-refractivity contribution < 1.29 is 39.7 Å². The van der Waals surface area contributed by atoms with Crippen molar-refractivity contribution in [3.8, 4) is 0 Å². The summed E-state index contributed by atoms with van der Waals surface area (Å²) in [4.78, 5) is 0. The molecular formula is C12H20Cl2O8. The molecule has 2 saturated heterocycles. The van der Waals surface area contributed by atoms with Gasteiger partial charge in [0.25, 0.3) is 0 Å². The maximum absolute atomic E-state index is 10.1. The molecule has 130 valence electrons. The highest BCUT2D eigenvalue weighted by atomic mass is 35.5. The lowest BCUT2D eigenvalue weighted by Crippen LogP contribution is -2.61. The molecule has 5 N–H and O–H groups in total. The van der Waals surface area contributed by atoms with Gasteiger partial charge in [0.15, 0.2) is 6.29 Å². The van der Waals surface area contributed by atoms with E-state index < -0.39 is 60.7 Å². The molecule has 0 aromatic heterocycles. The molecule has 0 aromatic carbocycles. The van der Waals surface area contributed by atoms with E-state index in [1.165, 1.54) is 6.92 Å². The summed E-state index contributed by atoms with van der Waals surface area (Å²) in [6, 6.07) is 0. The predicted molar refractivity (Wildman–Crippen MR) is 74.5 cm³/mol. The molecule has 0 aliphatic carbocycles. The Morgan fingerprint density at radius 1 is 1.14 bits per heavy atom. The molecule has 0 saturated carbocycles. The minimum Gasteiger partial charge on any atom is -0.394 e. The average molecular weight is 363 g/mol. The molecule has 9 atom stereocenters. The maximum Gasteiger partial charge on any atom is 0.214 e. The summed E-state index contributed by atoms with van der Waals surface area (Å²) >= 11 is 11.7. The van der Waals surface area contributed by atoms with E-state index in [0.29, 0.717) is 0 Å². The molecule has 10 heteroatoms. The number of alkyl halides is 2. The van der Waals surface area contributed by atoms with Crippen LogP contribution in [0, 0.1) is 0 Å². The van der Waals surface area contributed by atoms with Crippen LogP contribution in [0.5, 0.6) is 0 Å². The molecule has 22 heavy (non-hydrogen) atoms. The molecular weight excluding hydrogens is 343 g/mol. The van der Waals surface area contributed by atoms with E-state index in [1.54, 1.807) is 0 Å². The van der Waals surface area contributed by atoms with E-state index in [-0.39, 0.29) is 5.88 Å². The first-order valence-corrected chi connectivity index (χ1v) is 7.78. The van der Waals surface area contributed by atoms with Gasteiger partial charge in [-0.15, -0.1) is 23.2 Å². The molecule has 3 unspecified atom stereocenters. The lowest BCUT2D eigenvalue weighted by molar-refractivity contribution is -0.357. The third-order valence-corrected chi connectivity index (χ3v) is 4.85. The second-order valence-electron chi connectivity index (χ2n) is 5.47. The fraction of sp³-hybridized carbons (Fsp3) is 1.00. The fourth-order valence-corrected chi connectivity index (χ4v) is 3.12. The summed E-state index contributed by atoms with van der Waals surface area (Å²) in [5.41, 5.74) is 0. The average Bonchev–Trinajstić information content (AvgIpc) is 2.72. The predicted octanol–water partition coefficient (Wildman–Crippen LogP) is -1.87. The minimum absolute atomic E-state index is 0.355. The zero-order chi connectivity index (χ0) is 16.7. The smallest absolute Gasteiger partial charge is 0.214 e. The standard InChI is InChI=1S/C12H20Cl2O8/c1-4-7(16)10(19)12(3-13,21-4)22-11-9(18)8(17)6(14)5(2-15)20-11/h4-11,15-19H,2-3H2,1H3/t4-,5?,6-,7+,8-,9?,10?,11-,12+/m0/s1. The number of halogens is 2. The van der Waals surface area contributed by atoms with E-state index in [4.69, 9.17) is 37.4 Å². The van der Waals surface area contributed by atoms with Crippen molar-refractivity contribution in [2.45, 2.75) is 61.0 Å². The normalized spacial score (nSPS) is 52.9. The molecule has 0 aromatic rings. The molecule has 8 nitrogen and oxygen atoms in total. The van der Waals surface area contributed by atoms with Gasteiger partial charge in [-0.2, -0.15) is 0 Å². The monoisotopic (exact) mass is 362 g/mol.